The van der Waals surface area contributed by atoms with Gasteiger partial charge in [-0.15, -0.1) is 11.8 Å². The lowest BCUT2D eigenvalue weighted by molar-refractivity contribution is -0.141. The number of benzene rings is 3. The van der Waals surface area contributed by atoms with Crippen molar-refractivity contribution in [2.75, 3.05) is 12.3 Å². The Bertz CT molecular complexity index is 1110. The van der Waals surface area contributed by atoms with E-state index in [9.17, 15) is 9.59 Å². The van der Waals surface area contributed by atoms with Gasteiger partial charge in [0.1, 0.15) is 6.04 Å². The van der Waals surface area contributed by atoms with Crippen molar-refractivity contribution >= 4 is 23.6 Å². The number of carbonyl (C=O) groups excluding carboxylic acids is 2. The topological polar surface area (TPSA) is 49.4 Å². The van der Waals surface area contributed by atoms with Gasteiger partial charge in [0.05, 0.1) is 0 Å². The van der Waals surface area contributed by atoms with Crippen molar-refractivity contribution in [1.82, 2.24) is 10.2 Å². The molecular formula is C31H38N2O2S. The third kappa shape index (κ3) is 8.87. The van der Waals surface area contributed by atoms with Gasteiger partial charge in [0.2, 0.25) is 11.8 Å². The maximum Gasteiger partial charge on any atom is 0.243 e. The van der Waals surface area contributed by atoms with Gasteiger partial charge in [-0.25, -0.2) is 0 Å². The largest absolute Gasteiger partial charge is 0.354 e. The molecule has 0 heterocycles. The molecule has 36 heavy (non-hydrogen) atoms. The predicted molar refractivity (Wildman–Crippen MR) is 150 cm³/mol. The van der Waals surface area contributed by atoms with Crippen LogP contribution in [0.4, 0.5) is 0 Å². The normalized spacial score (nSPS) is 11.8. The van der Waals surface area contributed by atoms with E-state index in [1.807, 2.05) is 55.5 Å². The summed E-state index contributed by atoms with van der Waals surface area (Å²) in [7, 11) is 0. The zero-order valence-corrected chi connectivity index (χ0v) is 22.7. The molecule has 4 nitrogen and oxygen atoms in total. The summed E-state index contributed by atoms with van der Waals surface area (Å²) in [6.07, 6.45) is 0.848. The summed E-state index contributed by atoms with van der Waals surface area (Å²) in [5.74, 6) is 0.896. The van der Waals surface area contributed by atoms with Crippen molar-refractivity contribution < 1.29 is 9.59 Å². The van der Waals surface area contributed by atoms with Gasteiger partial charge < -0.3 is 10.2 Å². The van der Waals surface area contributed by atoms with Crippen molar-refractivity contribution in [3.05, 3.63) is 101 Å². The third-order valence-electron chi connectivity index (χ3n) is 6.00. The Hall–Kier alpha value is -3.05. The fourth-order valence-electron chi connectivity index (χ4n) is 4.02. The van der Waals surface area contributed by atoms with Gasteiger partial charge in [-0.1, -0.05) is 91.7 Å². The van der Waals surface area contributed by atoms with E-state index in [1.54, 1.807) is 16.7 Å². The molecule has 0 fully saturated rings. The van der Waals surface area contributed by atoms with Crippen LogP contribution >= 0.6 is 11.8 Å². The number of aryl methyl sites for hydroxylation is 2. The van der Waals surface area contributed by atoms with E-state index in [0.717, 1.165) is 21.6 Å². The Morgan fingerprint density at radius 1 is 0.861 bits per heavy atom. The van der Waals surface area contributed by atoms with Crippen molar-refractivity contribution in [3.8, 4) is 0 Å². The summed E-state index contributed by atoms with van der Waals surface area (Å²) in [5.41, 5.74) is 4.43. The van der Waals surface area contributed by atoms with Crippen LogP contribution in [0.5, 0.6) is 0 Å². The molecule has 0 unspecified atom stereocenters. The molecule has 0 radical (unpaired) electrons. The minimum Gasteiger partial charge on any atom is -0.354 e. The van der Waals surface area contributed by atoms with E-state index < -0.39 is 6.04 Å². The summed E-state index contributed by atoms with van der Waals surface area (Å²) in [6, 6.07) is 25.9. The molecule has 0 aliphatic rings. The molecular weight excluding hydrogens is 464 g/mol. The number of rotatable bonds is 12. The van der Waals surface area contributed by atoms with Gasteiger partial charge in [-0.05, 0) is 43.0 Å². The van der Waals surface area contributed by atoms with E-state index >= 15 is 0 Å². The summed E-state index contributed by atoms with van der Waals surface area (Å²) in [6.45, 7) is 9.25. The molecule has 3 aromatic rings. The molecule has 0 spiro atoms. The maximum absolute atomic E-state index is 13.7. The Kier molecular flexibility index (Phi) is 10.6. The fraction of sp³-hybridized carbons (Fsp3) is 0.355. The molecule has 3 aromatic carbocycles. The van der Waals surface area contributed by atoms with Gasteiger partial charge in [0.15, 0.2) is 0 Å². The second-order valence-corrected chi connectivity index (χ2v) is 10.9. The van der Waals surface area contributed by atoms with Crippen LogP contribution in [-0.2, 0) is 22.6 Å². The molecule has 0 aliphatic carbocycles. The first-order valence-electron chi connectivity index (χ1n) is 12.7. The minimum atomic E-state index is -0.580. The highest BCUT2D eigenvalue weighted by molar-refractivity contribution is 7.99. The van der Waals surface area contributed by atoms with Crippen molar-refractivity contribution in [2.24, 2.45) is 5.92 Å². The van der Waals surface area contributed by atoms with Crippen LogP contribution < -0.4 is 5.32 Å². The van der Waals surface area contributed by atoms with Crippen molar-refractivity contribution in [1.29, 1.82) is 0 Å². The molecule has 0 aromatic heterocycles. The average molecular weight is 503 g/mol. The first-order chi connectivity index (χ1) is 17.3. The molecule has 190 valence electrons. The number of carbonyl (C=O) groups is 2. The van der Waals surface area contributed by atoms with Gasteiger partial charge in [0.25, 0.3) is 0 Å². The van der Waals surface area contributed by atoms with E-state index in [2.05, 4.69) is 56.4 Å². The summed E-state index contributed by atoms with van der Waals surface area (Å²) < 4.78 is 0. The van der Waals surface area contributed by atoms with Gasteiger partial charge in [-0.3, -0.25) is 9.59 Å². The molecule has 0 bridgehead atoms. The second-order valence-electron chi connectivity index (χ2n) is 9.77. The van der Waals surface area contributed by atoms with E-state index in [0.29, 0.717) is 37.6 Å². The molecule has 3 rings (SSSR count). The molecule has 0 saturated heterocycles. The summed E-state index contributed by atoms with van der Waals surface area (Å²) >= 11 is 1.67. The average Bonchev–Trinajstić information content (AvgIpc) is 2.86. The van der Waals surface area contributed by atoms with Gasteiger partial charge >= 0.3 is 0 Å². The highest BCUT2D eigenvalue weighted by atomic mass is 32.2. The Morgan fingerprint density at radius 2 is 1.56 bits per heavy atom. The first kappa shape index (κ1) is 27.5. The molecule has 2 amide bonds. The monoisotopic (exact) mass is 502 g/mol. The number of amides is 2. The molecule has 1 N–H and O–H groups in total. The SMILES string of the molecule is Cc1ccc(SCCC(=O)N(Cc2cccc(C)c2)[C@@H](Cc2ccccc2)C(=O)NCC(C)C)cc1. The standard InChI is InChI=1S/C31H38N2O2S/c1-23(2)21-32-31(35)29(20-26-10-6-5-7-11-26)33(22-27-12-8-9-25(4)19-27)30(34)17-18-36-28-15-13-24(3)14-16-28/h5-16,19,23,29H,17-18,20-22H2,1-4H3,(H,32,35)/t29-/m0/s1. The summed E-state index contributed by atoms with van der Waals surface area (Å²) in [5, 5.41) is 3.08. The molecule has 5 heteroatoms. The maximum atomic E-state index is 13.7. The number of nitrogens with one attached hydrogen (secondary N) is 1. The Balaban J connectivity index is 1.83. The van der Waals surface area contributed by atoms with E-state index in [4.69, 9.17) is 0 Å². The number of nitrogens with zero attached hydrogens (tertiary/aromatic N) is 1. The van der Waals surface area contributed by atoms with Crippen molar-refractivity contribution in [2.45, 2.75) is 58.0 Å². The first-order valence-corrected chi connectivity index (χ1v) is 13.7. The van der Waals surface area contributed by atoms with Crippen LogP contribution in [0.1, 0.15) is 42.5 Å². The quantitative estimate of drug-likeness (QED) is 0.300. The third-order valence-corrected chi connectivity index (χ3v) is 7.01. The number of thioether (sulfide) groups is 1. The fourth-order valence-corrected chi connectivity index (χ4v) is 4.86. The van der Waals surface area contributed by atoms with E-state index in [1.165, 1.54) is 5.56 Å². The number of hydrogen-bond acceptors (Lipinski definition) is 3. The zero-order chi connectivity index (χ0) is 25.9. The van der Waals surface area contributed by atoms with Crippen LogP contribution in [0.2, 0.25) is 0 Å². The van der Waals surface area contributed by atoms with Gasteiger partial charge in [-0.2, -0.15) is 0 Å². The van der Waals surface area contributed by atoms with Crippen LogP contribution in [0.25, 0.3) is 0 Å². The van der Waals surface area contributed by atoms with Crippen LogP contribution in [-0.4, -0.2) is 35.1 Å². The smallest absolute Gasteiger partial charge is 0.243 e. The van der Waals surface area contributed by atoms with Crippen molar-refractivity contribution in [3.63, 3.8) is 0 Å². The molecule has 0 aliphatic heterocycles. The highest BCUT2D eigenvalue weighted by Crippen LogP contribution is 2.21. The molecule has 1 atom stereocenters. The lowest BCUT2D eigenvalue weighted by atomic mass is 10.0. The minimum absolute atomic E-state index is 0.00301. The number of hydrogen-bond donors (Lipinski definition) is 1. The molecule has 0 saturated carbocycles. The van der Waals surface area contributed by atoms with Crippen LogP contribution in [0.3, 0.4) is 0 Å². The van der Waals surface area contributed by atoms with Crippen LogP contribution in [0.15, 0.2) is 83.8 Å². The van der Waals surface area contributed by atoms with E-state index in [-0.39, 0.29) is 11.8 Å². The zero-order valence-electron chi connectivity index (χ0n) is 21.9. The predicted octanol–water partition coefficient (Wildman–Crippen LogP) is 6.20. The highest BCUT2D eigenvalue weighted by Gasteiger charge is 2.30. The Labute approximate surface area is 220 Å². The second kappa shape index (κ2) is 13.9. The van der Waals surface area contributed by atoms with Gasteiger partial charge in [0, 0.05) is 36.6 Å². The van der Waals surface area contributed by atoms with Crippen LogP contribution in [0, 0.1) is 19.8 Å². The Morgan fingerprint density at radius 3 is 2.22 bits per heavy atom. The summed E-state index contributed by atoms with van der Waals surface area (Å²) in [4.78, 5) is 30.1. The lowest BCUT2D eigenvalue weighted by Gasteiger charge is -2.32. The lowest BCUT2D eigenvalue weighted by Crippen LogP contribution is -2.51.